The number of hydrogen-bond acceptors (Lipinski definition) is 3. The minimum absolute atomic E-state index is 0.0888. The molecular weight excluding hydrogens is 324 g/mol. The van der Waals surface area contributed by atoms with Crippen molar-refractivity contribution in [2.24, 2.45) is 0 Å². The van der Waals surface area contributed by atoms with Crippen molar-refractivity contribution >= 4 is 5.91 Å². The van der Waals surface area contributed by atoms with Crippen LogP contribution in [0, 0.1) is 20.8 Å². The van der Waals surface area contributed by atoms with Crippen LogP contribution in [-0.4, -0.2) is 21.1 Å². The fourth-order valence-electron chi connectivity index (χ4n) is 3.23. The predicted octanol–water partition coefficient (Wildman–Crippen LogP) is 4.28. The molecule has 26 heavy (non-hydrogen) atoms. The lowest BCUT2D eigenvalue weighted by Gasteiger charge is -2.18. The maximum absolute atomic E-state index is 12.7. The Balaban J connectivity index is 1.79. The van der Waals surface area contributed by atoms with Crippen molar-refractivity contribution in [2.75, 3.05) is 0 Å². The van der Waals surface area contributed by atoms with Crippen LogP contribution >= 0.6 is 0 Å². The molecule has 2 aromatic heterocycles. The lowest BCUT2D eigenvalue weighted by molar-refractivity contribution is 0.0934. The number of aromatic nitrogens is 3. The minimum Gasteiger partial charge on any atom is -0.344 e. The number of nitrogens with one attached hydrogen (secondary N) is 2. The minimum atomic E-state index is -0.0956. The molecule has 2 heterocycles. The molecule has 5 heteroatoms. The van der Waals surface area contributed by atoms with Gasteiger partial charge in [0, 0.05) is 23.0 Å². The number of carbonyl (C=O) groups excluding carboxylic acids is 1. The van der Waals surface area contributed by atoms with Gasteiger partial charge in [0.1, 0.15) is 0 Å². The van der Waals surface area contributed by atoms with Crippen LogP contribution in [0.3, 0.4) is 0 Å². The van der Waals surface area contributed by atoms with E-state index in [2.05, 4.69) is 20.5 Å². The molecular formula is C21H24N4O. The van der Waals surface area contributed by atoms with Gasteiger partial charge in [-0.3, -0.25) is 14.9 Å². The van der Waals surface area contributed by atoms with E-state index in [1.807, 2.05) is 64.1 Å². The second-order valence-corrected chi connectivity index (χ2v) is 6.53. The fraction of sp³-hybridized carbons (Fsp3) is 0.286. The molecule has 0 fully saturated rings. The molecule has 0 aliphatic rings. The highest BCUT2D eigenvalue weighted by Crippen LogP contribution is 2.25. The normalized spacial score (nSPS) is 12.0. The number of carbonyl (C=O) groups is 1. The van der Waals surface area contributed by atoms with E-state index in [1.54, 1.807) is 6.20 Å². The third kappa shape index (κ3) is 3.52. The summed E-state index contributed by atoms with van der Waals surface area (Å²) < 4.78 is 0. The van der Waals surface area contributed by atoms with E-state index in [4.69, 9.17) is 0 Å². The van der Waals surface area contributed by atoms with Crippen molar-refractivity contribution in [3.05, 3.63) is 70.8 Å². The van der Waals surface area contributed by atoms with Crippen LogP contribution in [0.1, 0.15) is 52.4 Å². The second kappa shape index (κ2) is 7.52. The van der Waals surface area contributed by atoms with Crippen LogP contribution in [0.2, 0.25) is 0 Å². The van der Waals surface area contributed by atoms with Crippen molar-refractivity contribution in [1.29, 1.82) is 0 Å². The summed E-state index contributed by atoms with van der Waals surface area (Å²) in [5.74, 6) is -0.0888. The molecule has 0 saturated heterocycles. The maximum Gasteiger partial charge on any atom is 0.251 e. The summed E-state index contributed by atoms with van der Waals surface area (Å²) >= 11 is 0. The Morgan fingerprint density at radius 2 is 1.88 bits per heavy atom. The summed E-state index contributed by atoms with van der Waals surface area (Å²) in [5.41, 5.74) is 6.77. The highest BCUT2D eigenvalue weighted by Gasteiger charge is 2.17. The molecule has 0 spiro atoms. The molecule has 0 radical (unpaired) electrons. The van der Waals surface area contributed by atoms with Gasteiger partial charge in [0.2, 0.25) is 0 Å². The van der Waals surface area contributed by atoms with Gasteiger partial charge in [-0.1, -0.05) is 25.1 Å². The average Bonchev–Trinajstić information content (AvgIpc) is 2.99. The number of pyridine rings is 1. The number of benzene rings is 1. The first kappa shape index (κ1) is 17.9. The molecule has 3 aromatic rings. The summed E-state index contributed by atoms with van der Waals surface area (Å²) in [5, 5.41) is 10.3. The van der Waals surface area contributed by atoms with E-state index in [1.165, 1.54) is 0 Å². The van der Waals surface area contributed by atoms with E-state index < -0.39 is 0 Å². The molecule has 1 aromatic carbocycles. The van der Waals surface area contributed by atoms with E-state index in [0.29, 0.717) is 5.56 Å². The molecule has 1 amide bonds. The van der Waals surface area contributed by atoms with E-state index in [-0.39, 0.29) is 11.9 Å². The van der Waals surface area contributed by atoms with Crippen molar-refractivity contribution in [3.8, 4) is 11.1 Å². The number of nitrogens with zero attached hydrogens (tertiary/aromatic N) is 2. The van der Waals surface area contributed by atoms with E-state index in [0.717, 1.165) is 40.2 Å². The summed E-state index contributed by atoms with van der Waals surface area (Å²) in [4.78, 5) is 17.1. The SMILES string of the molecule is CC[C@H](NC(=O)c1ccc(-c2c(C)n[nH]c2C)cc1)c1ncccc1C. The standard InChI is InChI=1S/C21H24N4O/c1-5-18(20-13(2)7-6-12-22-20)23-21(26)17-10-8-16(9-11-17)19-14(3)24-25-15(19)4/h6-12,18H,5H2,1-4H3,(H,23,26)(H,24,25)/t18-/m0/s1. The second-order valence-electron chi connectivity index (χ2n) is 6.53. The van der Waals surface area contributed by atoms with Crippen molar-refractivity contribution in [3.63, 3.8) is 0 Å². The number of H-pyrrole nitrogens is 1. The van der Waals surface area contributed by atoms with Crippen LogP contribution in [0.25, 0.3) is 11.1 Å². The van der Waals surface area contributed by atoms with Gasteiger partial charge < -0.3 is 5.32 Å². The molecule has 0 saturated carbocycles. The summed E-state index contributed by atoms with van der Waals surface area (Å²) in [6, 6.07) is 11.5. The Kier molecular flexibility index (Phi) is 5.16. The van der Waals surface area contributed by atoms with Crippen LogP contribution in [0.15, 0.2) is 42.6 Å². The van der Waals surface area contributed by atoms with Crippen molar-refractivity contribution < 1.29 is 4.79 Å². The summed E-state index contributed by atoms with van der Waals surface area (Å²) in [7, 11) is 0. The Morgan fingerprint density at radius 1 is 1.15 bits per heavy atom. The maximum atomic E-state index is 12.7. The molecule has 5 nitrogen and oxygen atoms in total. The number of aryl methyl sites for hydroxylation is 3. The van der Waals surface area contributed by atoms with Gasteiger partial charge in [-0.2, -0.15) is 5.10 Å². The van der Waals surface area contributed by atoms with Gasteiger partial charge in [-0.15, -0.1) is 0 Å². The molecule has 0 bridgehead atoms. The van der Waals surface area contributed by atoms with Gasteiger partial charge in [0.25, 0.3) is 5.91 Å². The molecule has 2 N–H and O–H groups in total. The Labute approximate surface area is 153 Å². The zero-order valence-electron chi connectivity index (χ0n) is 15.6. The van der Waals surface area contributed by atoms with Gasteiger partial charge >= 0.3 is 0 Å². The molecule has 134 valence electrons. The van der Waals surface area contributed by atoms with Crippen LogP contribution in [0.5, 0.6) is 0 Å². The first-order valence-corrected chi connectivity index (χ1v) is 8.85. The Hall–Kier alpha value is -2.95. The third-order valence-corrected chi connectivity index (χ3v) is 4.66. The topological polar surface area (TPSA) is 70.7 Å². The summed E-state index contributed by atoms with van der Waals surface area (Å²) in [6.45, 7) is 8.03. The fourth-order valence-corrected chi connectivity index (χ4v) is 3.23. The number of hydrogen-bond donors (Lipinski definition) is 2. The third-order valence-electron chi connectivity index (χ3n) is 4.66. The van der Waals surface area contributed by atoms with Gasteiger partial charge in [-0.05, 0) is 56.5 Å². The zero-order chi connectivity index (χ0) is 18.7. The van der Waals surface area contributed by atoms with Crippen LogP contribution < -0.4 is 5.32 Å². The summed E-state index contributed by atoms with van der Waals surface area (Å²) in [6.07, 6.45) is 2.55. The van der Waals surface area contributed by atoms with Crippen molar-refractivity contribution in [2.45, 2.75) is 40.2 Å². The number of aromatic amines is 1. The molecule has 0 unspecified atom stereocenters. The smallest absolute Gasteiger partial charge is 0.251 e. The molecule has 1 atom stereocenters. The Morgan fingerprint density at radius 3 is 2.46 bits per heavy atom. The van der Waals surface area contributed by atoms with E-state index in [9.17, 15) is 4.79 Å². The molecule has 0 aliphatic carbocycles. The number of amides is 1. The zero-order valence-corrected chi connectivity index (χ0v) is 15.6. The molecule has 3 rings (SSSR count). The lowest BCUT2D eigenvalue weighted by Crippen LogP contribution is -2.29. The first-order valence-electron chi connectivity index (χ1n) is 8.85. The molecule has 0 aliphatic heterocycles. The van der Waals surface area contributed by atoms with Crippen molar-refractivity contribution in [1.82, 2.24) is 20.5 Å². The van der Waals surface area contributed by atoms with Crippen LogP contribution in [-0.2, 0) is 0 Å². The monoisotopic (exact) mass is 348 g/mol. The Bertz CT molecular complexity index is 893. The largest absolute Gasteiger partial charge is 0.344 e. The highest BCUT2D eigenvalue weighted by atomic mass is 16.1. The van der Waals surface area contributed by atoms with Gasteiger partial charge in [0.15, 0.2) is 0 Å². The number of rotatable bonds is 5. The van der Waals surface area contributed by atoms with Crippen LogP contribution in [0.4, 0.5) is 0 Å². The lowest BCUT2D eigenvalue weighted by atomic mass is 10.0. The average molecular weight is 348 g/mol. The predicted molar refractivity (Wildman–Crippen MR) is 103 cm³/mol. The van der Waals surface area contributed by atoms with Gasteiger partial charge in [0.05, 0.1) is 17.4 Å². The van der Waals surface area contributed by atoms with E-state index >= 15 is 0 Å². The highest BCUT2D eigenvalue weighted by molar-refractivity contribution is 5.95. The quantitative estimate of drug-likeness (QED) is 0.723. The van der Waals surface area contributed by atoms with Gasteiger partial charge in [-0.25, -0.2) is 0 Å². The first-order chi connectivity index (χ1) is 12.5.